The van der Waals surface area contributed by atoms with Gasteiger partial charge in [-0.2, -0.15) is 0 Å². The van der Waals surface area contributed by atoms with E-state index in [4.69, 9.17) is 16.3 Å². The van der Waals surface area contributed by atoms with Crippen molar-refractivity contribution in [2.75, 3.05) is 0 Å². The van der Waals surface area contributed by atoms with E-state index >= 15 is 0 Å². The summed E-state index contributed by atoms with van der Waals surface area (Å²) in [6, 6.07) is 4.42. The Kier molecular flexibility index (Phi) is 5.66. The van der Waals surface area contributed by atoms with Crippen LogP contribution < -0.4 is 11.2 Å². The first kappa shape index (κ1) is 19.5. The average molecular weight is 380 g/mol. The molecule has 0 unspecified atom stereocenters. The maximum Gasteiger partial charge on any atom is 0.339 e. The third-order valence-corrected chi connectivity index (χ3v) is 3.85. The summed E-state index contributed by atoms with van der Waals surface area (Å²) in [5.74, 6) is -1.10. The summed E-state index contributed by atoms with van der Waals surface area (Å²) in [5.41, 5.74) is -1.05. The fourth-order valence-electron chi connectivity index (χ4n) is 2.14. The highest BCUT2D eigenvalue weighted by molar-refractivity contribution is 6.33. The van der Waals surface area contributed by atoms with E-state index in [1.165, 1.54) is 32.3 Å². The van der Waals surface area contributed by atoms with Crippen LogP contribution in [0.4, 0.5) is 5.69 Å². The Bertz CT molecular complexity index is 1000. The number of nitrogens with zero attached hydrogens (tertiary/aromatic N) is 3. The van der Waals surface area contributed by atoms with Crippen LogP contribution in [0.1, 0.15) is 29.8 Å². The molecule has 9 heteroatoms. The standard InChI is InChI=1S/C17H18ClN3O5/c1-9(2)26-16(24)11-7-10(5-6-13(11)18)19-8-12-14(22)20(3)17(25)21(4)15(12)23/h5-9,22H,1-4H3. The van der Waals surface area contributed by atoms with E-state index < -0.39 is 23.1 Å². The molecule has 1 aromatic heterocycles. The molecule has 1 N–H and O–H groups in total. The molecule has 1 heterocycles. The number of aromatic nitrogens is 2. The second-order valence-electron chi connectivity index (χ2n) is 5.82. The number of carbonyl (C=O) groups is 1. The number of hydrogen-bond donors (Lipinski definition) is 1. The number of aliphatic imine (C=N–C) groups is 1. The molecule has 0 saturated heterocycles. The summed E-state index contributed by atoms with van der Waals surface area (Å²) in [7, 11) is 2.63. The third-order valence-electron chi connectivity index (χ3n) is 3.52. The van der Waals surface area contributed by atoms with Crippen molar-refractivity contribution in [2.45, 2.75) is 20.0 Å². The van der Waals surface area contributed by atoms with Crippen molar-refractivity contribution in [1.29, 1.82) is 0 Å². The molecule has 1 aromatic carbocycles. The van der Waals surface area contributed by atoms with Crippen molar-refractivity contribution in [3.8, 4) is 5.88 Å². The van der Waals surface area contributed by atoms with Gasteiger partial charge in [-0.1, -0.05) is 11.6 Å². The van der Waals surface area contributed by atoms with E-state index in [1.54, 1.807) is 13.8 Å². The summed E-state index contributed by atoms with van der Waals surface area (Å²) < 4.78 is 6.89. The highest BCUT2D eigenvalue weighted by Crippen LogP contribution is 2.24. The quantitative estimate of drug-likeness (QED) is 0.644. The second kappa shape index (κ2) is 7.57. The minimum atomic E-state index is -0.692. The Morgan fingerprint density at radius 2 is 1.92 bits per heavy atom. The van der Waals surface area contributed by atoms with E-state index in [2.05, 4.69) is 4.99 Å². The third kappa shape index (κ3) is 3.85. The van der Waals surface area contributed by atoms with Gasteiger partial charge >= 0.3 is 11.7 Å². The van der Waals surface area contributed by atoms with Crippen LogP contribution in [0.5, 0.6) is 5.88 Å². The van der Waals surface area contributed by atoms with Gasteiger partial charge in [-0.25, -0.2) is 9.59 Å². The van der Waals surface area contributed by atoms with Gasteiger partial charge in [0.05, 0.1) is 22.4 Å². The van der Waals surface area contributed by atoms with Crippen LogP contribution in [0.2, 0.25) is 5.02 Å². The number of carbonyl (C=O) groups excluding carboxylic acids is 1. The molecule has 0 aliphatic heterocycles. The largest absolute Gasteiger partial charge is 0.494 e. The lowest BCUT2D eigenvalue weighted by Crippen LogP contribution is -2.38. The predicted octanol–water partition coefficient (Wildman–Crippen LogP) is 1.76. The highest BCUT2D eigenvalue weighted by atomic mass is 35.5. The summed E-state index contributed by atoms with van der Waals surface area (Å²) >= 11 is 6.02. The van der Waals surface area contributed by atoms with Gasteiger partial charge in [-0.15, -0.1) is 0 Å². The van der Waals surface area contributed by atoms with Gasteiger partial charge in [0, 0.05) is 20.3 Å². The Hall–Kier alpha value is -2.87. The molecule has 0 aliphatic carbocycles. The molecule has 0 fully saturated rings. The lowest BCUT2D eigenvalue weighted by atomic mass is 10.2. The van der Waals surface area contributed by atoms with E-state index in [-0.39, 0.29) is 22.3 Å². The zero-order valence-electron chi connectivity index (χ0n) is 14.7. The summed E-state index contributed by atoms with van der Waals surface area (Å²) in [5, 5.41) is 10.2. The molecule has 138 valence electrons. The molecule has 2 rings (SSSR count). The van der Waals surface area contributed by atoms with Crippen molar-refractivity contribution >= 4 is 29.5 Å². The van der Waals surface area contributed by atoms with E-state index in [0.29, 0.717) is 5.69 Å². The minimum absolute atomic E-state index is 0.132. The first-order chi connectivity index (χ1) is 12.1. The molecule has 0 spiro atoms. The maximum absolute atomic E-state index is 12.1. The Morgan fingerprint density at radius 3 is 2.54 bits per heavy atom. The lowest BCUT2D eigenvalue weighted by Gasteiger charge is -2.09. The topological polar surface area (TPSA) is 103 Å². The maximum atomic E-state index is 12.1. The van der Waals surface area contributed by atoms with Crippen LogP contribution in [-0.4, -0.2) is 32.5 Å². The van der Waals surface area contributed by atoms with Crippen molar-refractivity contribution < 1.29 is 14.6 Å². The van der Waals surface area contributed by atoms with Crippen LogP contribution in [-0.2, 0) is 18.8 Å². The number of aromatic hydroxyl groups is 1. The zero-order chi connectivity index (χ0) is 19.6. The molecule has 0 saturated carbocycles. The van der Waals surface area contributed by atoms with Gasteiger partial charge < -0.3 is 9.84 Å². The number of hydrogen-bond acceptors (Lipinski definition) is 6. The van der Waals surface area contributed by atoms with Gasteiger partial charge in [-0.3, -0.25) is 18.9 Å². The van der Waals surface area contributed by atoms with E-state index in [1.807, 2.05) is 0 Å². The van der Waals surface area contributed by atoms with Crippen LogP contribution in [0, 0.1) is 0 Å². The molecule has 0 aliphatic rings. The summed E-state index contributed by atoms with van der Waals surface area (Å²) in [6.45, 7) is 3.43. The van der Waals surface area contributed by atoms with Gasteiger partial charge in [0.2, 0.25) is 5.88 Å². The number of halogens is 1. The molecule has 2 aromatic rings. The normalized spacial score (nSPS) is 11.3. The van der Waals surface area contributed by atoms with Crippen molar-refractivity contribution in [1.82, 2.24) is 9.13 Å². The number of rotatable bonds is 4. The molecule has 26 heavy (non-hydrogen) atoms. The van der Waals surface area contributed by atoms with Crippen LogP contribution in [0.3, 0.4) is 0 Å². The zero-order valence-corrected chi connectivity index (χ0v) is 15.4. The molecular weight excluding hydrogens is 362 g/mol. The van der Waals surface area contributed by atoms with Crippen molar-refractivity contribution in [2.24, 2.45) is 19.1 Å². The first-order valence-electron chi connectivity index (χ1n) is 7.67. The van der Waals surface area contributed by atoms with Crippen LogP contribution in [0.15, 0.2) is 32.8 Å². The Morgan fingerprint density at radius 1 is 1.27 bits per heavy atom. The lowest BCUT2D eigenvalue weighted by molar-refractivity contribution is 0.0378. The fraction of sp³-hybridized carbons (Fsp3) is 0.294. The molecule has 0 radical (unpaired) electrons. The number of ether oxygens (including phenoxy) is 1. The van der Waals surface area contributed by atoms with Gasteiger partial charge in [0.1, 0.15) is 5.56 Å². The van der Waals surface area contributed by atoms with Gasteiger partial charge in [0.25, 0.3) is 5.56 Å². The first-order valence-corrected chi connectivity index (χ1v) is 8.04. The SMILES string of the molecule is CC(C)OC(=O)c1cc(N=Cc2c(O)n(C)c(=O)n(C)c2=O)ccc1Cl. The molecular formula is C17H18ClN3O5. The minimum Gasteiger partial charge on any atom is -0.494 e. The van der Waals surface area contributed by atoms with Crippen LogP contribution in [0.25, 0.3) is 0 Å². The van der Waals surface area contributed by atoms with Crippen LogP contribution >= 0.6 is 11.6 Å². The van der Waals surface area contributed by atoms with E-state index in [0.717, 1.165) is 15.3 Å². The Balaban J connectivity index is 2.46. The summed E-state index contributed by atoms with van der Waals surface area (Å²) in [4.78, 5) is 40.0. The van der Waals surface area contributed by atoms with Crippen molar-refractivity contribution in [3.05, 3.63) is 55.2 Å². The fourth-order valence-corrected chi connectivity index (χ4v) is 2.33. The number of esters is 1. The monoisotopic (exact) mass is 379 g/mol. The number of benzene rings is 1. The Labute approximate surface area is 153 Å². The van der Waals surface area contributed by atoms with Gasteiger partial charge in [-0.05, 0) is 32.0 Å². The second-order valence-corrected chi connectivity index (χ2v) is 6.23. The van der Waals surface area contributed by atoms with Crippen molar-refractivity contribution in [3.63, 3.8) is 0 Å². The molecule has 0 atom stereocenters. The smallest absolute Gasteiger partial charge is 0.339 e. The molecule has 0 amide bonds. The summed E-state index contributed by atoms with van der Waals surface area (Å²) in [6.07, 6.45) is 0.814. The average Bonchev–Trinajstić information content (AvgIpc) is 2.58. The molecule has 0 bridgehead atoms. The van der Waals surface area contributed by atoms with Gasteiger partial charge in [0.15, 0.2) is 0 Å². The predicted molar refractivity (Wildman–Crippen MR) is 97.8 cm³/mol. The molecule has 8 nitrogen and oxygen atoms in total. The highest BCUT2D eigenvalue weighted by Gasteiger charge is 2.15. The van der Waals surface area contributed by atoms with E-state index in [9.17, 15) is 19.5 Å².